The van der Waals surface area contributed by atoms with Gasteiger partial charge in [0.25, 0.3) is 0 Å². The third-order valence-electron chi connectivity index (χ3n) is 3.17. The van der Waals surface area contributed by atoms with Crippen molar-refractivity contribution in [3.63, 3.8) is 0 Å². The van der Waals surface area contributed by atoms with Gasteiger partial charge in [-0.15, -0.1) is 0 Å². The molecule has 1 aliphatic rings. The second-order valence-corrected chi connectivity index (χ2v) is 6.06. The second-order valence-electron chi connectivity index (χ2n) is 4.38. The Kier molecular flexibility index (Phi) is 4.17. The molecule has 2 heteroatoms. The van der Waals surface area contributed by atoms with Crippen molar-refractivity contribution in [1.82, 2.24) is 0 Å². The predicted octanol–water partition coefficient (Wildman–Crippen LogP) is 2.78. The summed E-state index contributed by atoms with van der Waals surface area (Å²) in [6.45, 7) is 0.660. The first-order valence-corrected chi connectivity index (χ1v) is 7.02. The van der Waals surface area contributed by atoms with Gasteiger partial charge in [0.1, 0.15) is 0 Å². The van der Waals surface area contributed by atoms with Crippen LogP contribution in [0.4, 0.5) is 0 Å². The van der Waals surface area contributed by atoms with Crippen LogP contribution in [0.1, 0.15) is 37.7 Å². The molecule has 1 atom stereocenters. The fraction of sp³-hybridized carbons (Fsp3) is 0.538. The highest BCUT2D eigenvalue weighted by Gasteiger charge is 2.13. The van der Waals surface area contributed by atoms with E-state index in [2.05, 4.69) is 24.3 Å². The highest BCUT2D eigenvalue weighted by atomic mass is 31.1. The molecule has 0 amide bonds. The van der Waals surface area contributed by atoms with E-state index in [1.54, 1.807) is 0 Å². The second kappa shape index (κ2) is 5.63. The van der Waals surface area contributed by atoms with Gasteiger partial charge in [-0.3, -0.25) is 0 Å². The molecule has 1 aliphatic carbocycles. The lowest BCUT2D eigenvalue weighted by atomic mass is 10.0. The van der Waals surface area contributed by atoms with E-state index < -0.39 is 0 Å². The number of benzene rings is 1. The van der Waals surface area contributed by atoms with Gasteiger partial charge >= 0.3 is 0 Å². The zero-order valence-electron chi connectivity index (χ0n) is 9.21. The molecule has 1 unspecified atom stereocenters. The lowest BCUT2D eigenvalue weighted by Crippen LogP contribution is -2.11. The minimum Gasteiger partial charge on any atom is -0.326 e. The number of hydrogen-bond acceptors (Lipinski definition) is 1. The monoisotopic (exact) mass is 221 g/mol. The number of rotatable bonds is 3. The molecule has 0 saturated heterocycles. The molecule has 0 heterocycles. The summed E-state index contributed by atoms with van der Waals surface area (Å²) in [6, 6.07) is 8.86. The van der Waals surface area contributed by atoms with Crippen LogP contribution in [0.3, 0.4) is 0 Å². The van der Waals surface area contributed by atoms with Crippen LogP contribution in [-0.2, 0) is 6.54 Å². The Labute approximate surface area is 94.2 Å². The Morgan fingerprint density at radius 2 is 1.73 bits per heavy atom. The lowest BCUT2D eigenvalue weighted by Gasteiger charge is -2.21. The van der Waals surface area contributed by atoms with E-state index in [0.717, 1.165) is 14.2 Å². The Morgan fingerprint density at radius 1 is 1.07 bits per heavy atom. The third kappa shape index (κ3) is 3.29. The van der Waals surface area contributed by atoms with Crippen molar-refractivity contribution in [2.24, 2.45) is 5.73 Å². The lowest BCUT2D eigenvalue weighted by molar-refractivity contribution is 0.514. The molecule has 2 N–H and O–H groups in total. The van der Waals surface area contributed by atoms with Gasteiger partial charge in [-0.1, -0.05) is 52.1 Å². The summed E-state index contributed by atoms with van der Waals surface area (Å²) in [5.41, 5.74) is 7.79. The first-order valence-electron chi connectivity index (χ1n) is 5.94. The molecular weight excluding hydrogens is 201 g/mol. The van der Waals surface area contributed by atoms with E-state index in [0.29, 0.717) is 6.54 Å². The number of hydrogen-bond donors (Lipinski definition) is 1. The van der Waals surface area contributed by atoms with Crippen LogP contribution in [-0.4, -0.2) is 5.66 Å². The van der Waals surface area contributed by atoms with Crippen LogP contribution in [0.15, 0.2) is 24.3 Å². The maximum atomic E-state index is 5.59. The van der Waals surface area contributed by atoms with Crippen LogP contribution in [0.25, 0.3) is 0 Å². The first-order chi connectivity index (χ1) is 7.38. The van der Waals surface area contributed by atoms with Gasteiger partial charge in [0, 0.05) is 6.54 Å². The molecular formula is C13H20NP. The van der Waals surface area contributed by atoms with Gasteiger partial charge in [-0.25, -0.2) is 0 Å². The summed E-state index contributed by atoms with van der Waals surface area (Å²) in [6.07, 6.45) is 7.22. The highest BCUT2D eigenvalue weighted by molar-refractivity contribution is 7.48. The Bertz CT molecular complexity index is 288. The van der Waals surface area contributed by atoms with Gasteiger partial charge < -0.3 is 5.73 Å². The topological polar surface area (TPSA) is 26.0 Å². The zero-order chi connectivity index (χ0) is 10.5. The summed E-state index contributed by atoms with van der Waals surface area (Å²) in [5.74, 6) is 0. The minimum atomic E-state index is 0.660. The molecule has 1 aromatic rings. The van der Waals surface area contributed by atoms with Crippen molar-refractivity contribution in [3.8, 4) is 0 Å². The molecule has 1 saturated carbocycles. The molecule has 2 rings (SSSR count). The average molecular weight is 221 g/mol. The first kappa shape index (κ1) is 11.1. The van der Waals surface area contributed by atoms with Gasteiger partial charge in [-0.2, -0.15) is 0 Å². The van der Waals surface area contributed by atoms with Crippen molar-refractivity contribution in [2.45, 2.75) is 44.3 Å². The standard InChI is InChI=1S/C13H20NP/c14-10-11-6-8-13(9-7-11)15-12-4-2-1-3-5-12/h6-9,12,15H,1-5,10,14H2. The van der Waals surface area contributed by atoms with E-state index in [-0.39, 0.29) is 0 Å². The normalized spacial score (nSPS) is 18.7. The molecule has 0 bridgehead atoms. The zero-order valence-corrected chi connectivity index (χ0v) is 10.2. The Morgan fingerprint density at radius 3 is 2.33 bits per heavy atom. The molecule has 1 aromatic carbocycles. The predicted molar refractivity (Wildman–Crippen MR) is 69.2 cm³/mol. The molecule has 0 aromatic heterocycles. The average Bonchev–Trinajstić information content (AvgIpc) is 2.31. The largest absolute Gasteiger partial charge is 0.326 e. The van der Waals surface area contributed by atoms with Gasteiger partial charge in [0.05, 0.1) is 0 Å². The summed E-state index contributed by atoms with van der Waals surface area (Å²) in [4.78, 5) is 0. The highest BCUT2D eigenvalue weighted by Crippen LogP contribution is 2.32. The summed E-state index contributed by atoms with van der Waals surface area (Å²) in [5, 5.41) is 1.51. The van der Waals surface area contributed by atoms with Crippen LogP contribution >= 0.6 is 8.58 Å². The molecule has 0 spiro atoms. The molecule has 1 fully saturated rings. The van der Waals surface area contributed by atoms with Gasteiger partial charge in [-0.05, 0) is 29.4 Å². The Hall–Kier alpha value is -0.390. The van der Waals surface area contributed by atoms with Gasteiger partial charge in [0.2, 0.25) is 0 Å². The third-order valence-corrected chi connectivity index (χ3v) is 4.82. The van der Waals surface area contributed by atoms with Crippen LogP contribution < -0.4 is 11.0 Å². The number of nitrogens with two attached hydrogens (primary N) is 1. The maximum absolute atomic E-state index is 5.59. The molecule has 0 radical (unpaired) electrons. The van der Waals surface area contributed by atoms with E-state index in [1.165, 1.54) is 43.0 Å². The van der Waals surface area contributed by atoms with Gasteiger partial charge in [0.15, 0.2) is 0 Å². The fourth-order valence-corrected chi connectivity index (χ4v) is 3.75. The molecule has 1 nitrogen and oxygen atoms in total. The summed E-state index contributed by atoms with van der Waals surface area (Å²) >= 11 is 0. The quantitative estimate of drug-likeness (QED) is 0.780. The summed E-state index contributed by atoms with van der Waals surface area (Å²) in [7, 11) is 1.01. The van der Waals surface area contributed by atoms with Crippen molar-refractivity contribution in [1.29, 1.82) is 0 Å². The van der Waals surface area contributed by atoms with E-state index in [1.807, 2.05) is 0 Å². The molecule has 82 valence electrons. The fourth-order valence-electron chi connectivity index (χ4n) is 2.22. The minimum absolute atomic E-state index is 0.660. The van der Waals surface area contributed by atoms with Crippen LogP contribution in [0.5, 0.6) is 0 Å². The van der Waals surface area contributed by atoms with Crippen molar-refractivity contribution in [3.05, 3.63) is 29.8 Å². The van der Waals surface area contributed by atoms with E-state index in [9.17, 15) is 0 Å². The van der Waals surface area contributed by atoms with Crippen LogP contribution in [0, 0.1) is 0 Å². The molecule has 15 heavy (non-hydrogen) atoms. The van der Waals surface area contributed by atoms with Crippen LogP contribution in [0.2, 0.25) is 0 Å². The van der Waals surface area contributed by atoms with Crippen molar-refractivity contribution in [2.75, 3.05) is 0 Å². The summed E-state index contributed by atoms with van der Waals surface area (Å²) < 4.78 is 0. The smallest absolute Gasteiger partial charge is 0.0178 e. The maximum Gasteiger partial charge on any atom is 0.0178 e. The van der Waals surface area contributed by atoms with E-state index >= 15 is 0 Å². The van der Waals surface area contributed by atoms with Crippen molar-refractivity contribution >= 4 is 13.9 Å². The molecule has 0 aliphatic heterocycles. The van der Waals surface area contributed by atoms with Crippen molar-refractivity contribution < 1.29 is 0 Å². The Balaban J connectivity index is 1.91. The van der Waals surface area contributed by atoms with E-state index in [4.69, 9.17) is 5.73 Å². The SMILES string of the molecule is NCc1ccc(PC2CCCCC2)cc1.